The molecule has 0 saturated heterocycles. The Hall–Kier alpha value is -2.08. The van der Waals surface area contributed by atoms with E-state index in [-0.39, 0.29) is 29.5 Å². The predicted molar refractivity (Wildman–Crippen MR) is 97.6 cm³/mol. The fourth-order valence-corrected chi connectivity index (χ4v) is 4.34. The smallest absolute Gasteiger partial charge is 0.287 e. The second-order valence-electron chi connectivity index (χ2n) is 6.68. The van der Waals surface area contributed by atoms with E-state index in [1.807, 2.05) is 18.7 Å². The molecule has 0 aliphatic carbocycles. The van der Waals surface area contributed by atoms with Gasteiger partial charge in [-0.25, -0.2) is 0 Å². The first-order valence-electron chi connectivity index (χ1n) is 8.74. The number of fused-ring (bicyclic) bond motifs is 1. The molecule has 1 aliphatic heterocycles. The van der Waals surface area contributed by atoms with E-state index in [0.717, 1.165) is 12.8 Å². The summed E-state index contributed by atoms with van der Waals surface area (Å²) >= 11 is 1.76. The lowest BCUT2D eigenvalue weighted by molar-refractivity contribution is -0.137. The third-order valence-corrected chi connectivity index (χ3v) is 5.73. The number of amides is 2. The highest BCUT2D eigenvalue weighted by atomic mass is 32.1. The molecule has 0 fully saturated rings. The van der Waals surface area contributed by atoms with E-state index in [4.69, 9.17) is 4.42 Å². The van der Waals surface area contributed by atoms with Crippen molar-refractivity contribution in [1.82, 2.24) is 10.2 Å². The highest BCUT2D eigenvalue weighted by molar-refractivity contribution is 7.10. The van der Waals surface area contributed by atoms with E-state index >= 15 is 0 Å². The van der Waals surface area contributed by atoms with Crippen LogP contribution in [-0.4, -0.2) is 29.3 Å². The molecule has 134 valence electrons. The van der Waals surface area contributed by atoms with Crippen LogP contribution in [0.5, 0.6) is 0 Å². The zero-order valence-corrected chi connectivity index (χ0v) is 15.6. The molecule has 2 atom stereocenters. The second-order valence-corrected chi connectivity index (χ2v) is 7.68. The highest BCUT2D eigenvalue weighted by Gasteiger charge is 2.36. The Morgan fingerprint density at radius 2 is 2.20 bits per heavy atom. The summed E-state index contributed by atoms with van der Waals surface area (Å²) in [5, 5.41) is 4.95. The zero-order valence-electron chi connectivity index (χ0n) is 14.8. The molecule has 0 spiro atoms. The molecule has 2 unspecified atom stereocenters. The Morgan fingerprint density at radius 3 is 2.84 bits per heavy atom. The van der Waals surface area contributed by atoms with E-state index in [2.05, 4.69) is 23.7 Å². The normalized spacial score (nSPS) is 18.1. The van der Waals surface area contributed by atoms with Crippen molar-refractivity contribution < 1.29 is 14.0 Å². The number of furan rings is 1. The minimum Gasteiger partial charge on any atom is -0.459 e. The van der Waals surface area contributed by atoms with E-state index in [1.165, 1.54) is 16.7 Å². The number of nitrogens with zero attached hydrogens (tertiary/aromatic N) is 1. The molecule has 25 heavy (non-hydrogen) atoms. The van der Waals surface area contributed by atoms with Crippen LogP contribution in [0.4, 0.5) is 0 Å². The third kappa shape index (κ3) is 3.49. The Balaban J connectivity index is 1.80. The third-order valence-electron chi connectivity index (χ3n) is 4.73. The van der Waals surface area contributed by atoms with Gasteiger partial charge in [-0.3, -0.25) is 9.59 Å². The van der Waals surface area contributed by atoms with E-state index in [0.29, 0.717) is 6.54 Å². The summed E-state index contributed by atoms with van der Waals surface area (Å²) in [5.41, 5.74) is 1.26. The van der Waals surface area contributed by atoms with Gasteiger partial charge in [0, 0.05) is 11.4 Å². The lowest BCUT2D eigenvalue weighted by Gasteiger charge is -2.38. The summed E-state index contributed by atoms with van der Waals surface area (Å²) in [6.07, 6.45) is 3.20. The van der Waals surface area contributed by atoms with Gasteiger partial charge < -0.3 is 14.6 Å². The van der Waals surface area contributed by atoms with Crippen molar-refractivity contribution in [2.75, 3.05) is 6.54 Å². The summed E-state index contributed by atoms with van der Waals surface area (Å²) in [4.78, 5) is 28.9. The maximum absolute atomic E-state index is 13.2. The molecular weight excluding hydrogens is 336 g/mol. The second kappa shape index (κ2) is 7.44. The van der Waals surface area contributed by atoms with E-state index < -0.39 is 6.04 Å². The van der Waals surface area contributed by atoms with Gasteiger partial charge in [-0.15, -0.1) is 11.3 Å². The minimum atomic E-state index is -0.563. The topological polar surface area (TPSA) is 62.6 Å². The molecule has 2 aromatic rings. The first-order chi connectivity index (χ1) is 12.0. The van der Waals surface area contributed by atoms with Crippen molar-refractivity contribution >= 4 is 23.2 Å². The Kier molecular flexibility index (Phi) is 5.27. The van der Waals surface area contributed by atoms with Gasteiger partial charge in [0.15, 0.2) is 5.76 Å². The summed E-state index contributed by atoms with van der Waals surface area (Å²) in [7, 11) is 0. The van der Waals surface area contributed by atoms with Crippen molar-refractivity contribution in [3.8, 4) is 0 Å². The molecule has 3 heterocycles. The van der Waals surface area contributed by atoms with Crippen molar-refractivity contribution in [3.05, 3.63) is 46.0 Å². The summed E-state index contributed by atoms with van der Waals surface area (Å²) < 4.78 is 5.14. The largest absolute Gasteiger partial charge is 0.459 e. The lowest BCUT2D eigenvalue weighted by Crippen LogP contribution is -2.53. The van der Waals surface area contributed by atoms with Gasteiger partial charge in [0.1, 0.15) is 6.04 Å². The van der Waals surface area contributed by atoms with Crippen LogP contribution in [0, 0.1) is 5.92 Å². The van der Waals surface area contributed by atoms with Crippen LogP contribution in [0.3, 0.4) is 0 Å². The molecule has 0 radical (unpaired) electrons. The summed E-state index contributed by atoms with van der Waals surface area (Å²) in [6.45, 7) is 6.70. The quantitative estimate of drug-likeness (QED) is 0.886. The van der Waals surface area contributed by atoms with Crippen LogP contribution in [0.15, 0.2) is 34.3 Å². The van der Waals surface area contributed by atoms with Gasteiger partial charge in [0.05, 0.1) is 12.3 Å². The maximum Gasteiger partial charge on any atom is 0.287 e. The predicted octanol–water partition coefficient (Wildman–Crippen LogP) is 3.63. The van der Waals surface area contributed by atoms with Gasteiger partial charge >= 0.3 is 0 Å². The van der Waals surface area contributed by atoms with Crippen molar-refractivity contribution in [1.29, 1.82) is 0 Å². The summed E-state index contributed by atoms with van der Waals surface area (Å²) in [5.74, 6) is -0.144. The van der Waals surface area contributed by atoms with Gasteiger partial charge in [0.25, 0.3) is 5.91 Å². The molecule has 3 rings (SSSR count). The lowest BCUT2D eigenvalue weighted by atomic mass is 9.94. The average molecular weight is 360 g/mol. The maximum atomic E-state index is 13.2. The van der Waals surface area contributed by atoms with Gasteiger partial charge in [-0.05, 0) is 47.9 Å². The van der Waals surface area contributed by atoms with E-state index in [9.17, 15) is 9.59 Å². The Bertz CT molecular complexity index is 736. The van der Waals surface area contributed by atoms with Gasteiger partial charge in [0.2, 0.25) is 5.91 Å². The van der Waals surface area contributed by atoms with Crippen LogP contribution in [0.25, 0.3) is 0 Å². The van der Waals surface area contributed by atoms with Gasteiger partial charge in [-0.1, -0.05) is 20.8 Å². The molecule has 1 N–H and O–H groups in total. The number of hydrogen-bond donors (Lipinski definition) is 1. The van der Waals surface area contributed by atoms with Crippen molar-refractivity contribution in [2.45, 2.75) is 45.7 Å². The number of rotatable bonds is 5. The molecule has 0 aromatic carbocycles. The number of carbonyl (C=O) groups excluding carboxylic acids is 2. The van der Waals surface area contributed by atoms with Crippen LogP contribution < -0.4 is 5.32 Å². The number of carbonyl (C=O) groups is 2. The van der Waals surface area contributed by atoms with Gasteiger partial charge in [-0.2, -0.15) is 0 Å². The number of hydrogen-bond acceptors (Lipinski definition) is 4. The fraction of sp³-hybridized carbons (Fsp3) is 0.474. The van der Waals surface area contributed by atoms with Crippen molar-refractivity contribution in [2.24, 2.45) is 5.92 Å². The number of nitrogens with one attached hydrogen (secondary N) is 1. The molecule has 1 aliphatic rings. The standard InChI is InChI=1S/C19H24N2O3S/c1-4-14-13-8-11-25-16(13)7-9-21(14)19(23)17(12(2)3)20-18(22)15-6-5-10-24-15/h5-6,8,10-12,14,17H,4,7,9H2,1-3H3,(H,20,22). The van der Waals surface area contributed by atoms with Crippen molar-refractivity contribution in [3.63, 3.8) is 0 Å². The summed E-state index contributed by atoms with van der Waals surface area (Å²) in [6, 6.07) is 4.91. The van der Waals surface area contributed by atoms with Crippen LogP contribution in [-0.2, 0) is 11.2 Å². The molecule has 6 heteroatoms. The monoisotopic (exact) mass is 360 g/mol. The first kappa shape index (κ1) is 17.7. The molecule has 2 amide bonds. The minimum absolute atomic E-state index is 0.00668. The molecule has 2 aromatic heterocycles. The average Bonchev–Trinajstić information content (AvgIpc) is 3.28. The first-order valence-corrected chi connectivity index (χ1v) is 9.62. The Morgan fingerprint density at radius 1 is 1.40 bits per heavy atom. The van der Waals surface area contributed by atoms with E-state index in [1.54, 1.807) is 23.5 Å². The molecular formula is C19H24N2O3S. The SMILES string of the molecule is CCC1c2ccsc2CCN1C(=O)C(NC(=O)c1ccco1)C(C)C. The zero-order chi connectivity index (χ0) is 18.0. The fourth-order valence-electron chi connectivity index (χ4n) is 3.41. The highest BCUT2D eigenvalue weighted by Crippen LogP contribution is 2.35. The molecule has 0 bridgehead atoms. The van der Waals surface area contributed by atoms with Crippen LogP contribution in [0.2, 0.25) is 0 Å². The number of thiophene rings is 1. The molecule has 0 saturated carbocycles. The van der Waals surface area contributed by atoms with Crippen LogP contribution in [0.1, 0.15) is 54.2 Å². The Labute approximate surface area is 152 Å². The molecule has 5 nitrogen and oxygen atoms in total. The van der Waals surface area contributed by atoms with Crippen LogP contribution >= 0.6 is 11.3 Å².